The Hall–Kier alpha value is -1.86. The Kier molecular flexibility index (Phi) is 6.39. The van der Waals surface area contributed by atoms with Gasteiger partial charge in [0, 0.05) is 12.1 Å². The van der Waals surface area contributed by atoms with Crippen LogP contribution in [0.5, 0.6) is 5.88 Å². The Morgan fingerprint density at radius 3 is 2.52 bits per heavy atom. The van der Waals surface area contributed by atoms with Gasteiger partial charge in [-0.15, -0.1) is 0 Å². The Morgan fingerprint density at radius 2 is 2.05 bits per heavy atom. The van der Waals surface area contributed by atoms with Crippen molar-refractivity contribution in [1.82, 2.24) is 4.98 Å². The second kappa shape index (κ2) is 7.80. The molecular weight excluding hydrogens is 289 g/mol. The Bertz CT molecular complexity index is 449. The summed E-state index contributed by atoms with van der Waals surface area (Å²) in [5, 5.41) is 10.4. The highest BCUT2D eigenvalue weighted by Gasteiger charge is 2.41. The van der Waals surface area contributed by atoms with Crippen LogP contribution in [0.15, 0.2) is 18.3 Å². The zero-order valence-electron chi connectivity index (χ0n) is 11.6. The van der Waals surface area contributed by atoms with E-state index in [9.17, 15) is 23.3 Å². The van der Waals surface area contributed by atoms with Gasteiger partial charge in [-0.05, 0) is 12.8 Å². The molecule has 0 aromatic carbocycles. The maximum Gasteiger partial charge on any atom is 0.425 e. The van der Waals surface area contributed by atoms with E-state index in [0.29, 0.717) is 12.8 Å². The molecule has 1 rings (SSSR count). The predicted octanol–water partition coefficient (Wildman–Crippen LogP) is 4.27. The summed E-state index contributed by atoms with van der Waals surface area (Å²) in [5.41, 5.74) is -0.297. The van der Waals surface area contributed by atoms with E-state index in [0.717, 1.165) is 31.2 Å². The Morgan fingerprint density at radius 1 is 1.33 bits per heavy atom. The molecule has 0 radical (unpaired) electrons. The lowest BCUT2D eigenvalue weighted by atomic mass is 10.1. The van der Waals surface area contributed by atoms with Crippen molar-refractivity contribution in [1.29, 1.82) is 0 Å². The number of ether oxygens (including phenoxy) is 1. The molecule has 0 aliphatic heterocycles. The van der Waals surface area contributed by atoms with Crippen LogP contribution in [0.25, 0.3) is 0 Å². The zero-order valence-corrected chi connectivity index (χ0v) is 11.6. The number of hydrogen-bond acceptors (Lipinski definition) is 4. The normalized spacial score (nSPS) is 13.0. The van der Waals surface area contributed by atoms with Gasteiger partial charge in [0.1, 0.15) is 6.20 Å². The highest BCUT2D eigenvalue weighted by Crippen LogP contribution is 2.28. The molecule has 1 heterocycles. The number of pyridine rings is 1. The lowest BCUT2D eigenvalue weighted by molar-refractivity contribution is -0.385. The SMILES string of the molecule is CCCCCC[C@@H](Oc1ccc([N+](=O)[O-])cn1)C(F)(F)F. The van der Waals surface area contributed by atoms with Gasteiger partial charge in [0.05, 0.1) is 4.92 Å². The van der Waals surface area contributed by atoms with Crippen molar-refractivity contribution in [2.75, 3.05) is 0 Å². The average Bonchev–Trinajstić information content (AvgIpc) is 2.41. The number of nitrogens with zero attached hydrogens (tertiary/aromatic N) is 2. The average molecular weight is 306 g/mol. The molecular formula is C13H17F3N2O3. The molecule has 0 bridgehead atoms. The molecule has 0 saturated heterocycles. The molecule has 1 aromatic heterocycles. The number of unbranched alkanes of at least 4 members (excludes halogenated alkanes) is 3. The van der Waals surface area contributed by atoms with Gasteiger partial charge in [-0.2, -0.15) is 13.2 Å². The van der Waals surface area contributed by atoms with Crippen LogP contribution < -0.4 is 4.74 Å². The second-order valence-electron chi connectivity index (χ2n) is 4.61. The predicted molar refractivity (Wildman–Crippen MR) is 70.1 cm³/mol. The fourth-order valence-corrected chi connectivity index (χ4v) is 1.74. The molecule has 118 valence electrons. The van der Waals surface area contributed by atoms with Gasteiger partial charge in [0.15, 0.2) is 6.10 Å². The largest absolute Gasteiger partial charge is 0.465 e. The monoisotopic (exact) mass is 306 g/mol. The molecule has 1 aromatic rings. The van der Waals surface area contributed by atoms with Crippen LogP contribution in [0, 0.1) is 10.1 Å². The number of aromatic nitrogens is 1. The standard InChI is InChI=1S/C13H17F3N2O3/c1-2-3-4-5-6-11(13(14,15)16)21-12-8-7-10(9-17-12)18(19)20/h7-9,11H,2-6H2,1H3/t11-/m1/s1. The van der Waals surface area contributed by atoms with E-state index in [4.69, 9.17) is 4.74 Å². The van der Waals surface area contributed by atoms with Crippen LogP contribution >= 0.6 is 0 Å². The fourth-order valence-electron chi connectivity index (χ4n) is 1.74. The van der Waals surface area contributed by atoms with Gasteiger partial charge in [-0.25, -0.2) is 4.98 Å². The third-order valence-electron chi connectivity index (χ3n) is 2.88. The number of hydrogen-bond donors (Lipinski definition) is 0. The molecule has 8 heteroatoms. The summed E-state index contributed by atoms with van der Waals surface area (Å²) in [5.74, 6) is -0.265. The van der Waals surface area contributed by atoms with Gasteiger partial charge < -0.3 is 4.74 Å². The van der Waals surface area contributed by atoms with Gasteiger partial charge in [-0.1, -0.05) is 26.2 Å². The number of halogens is 3. The highest BCUT2D eigenvalue weighted by atomic mass is 19.4. The summed E-state index contributed by atoms with van der Waals surface area (Å²) in [4.78, 5) is 13.3. The number of rotatable bonds is 8. The molecule has 0 spiro atoms. The van der Waals surface area contributed by atoms with Gasteiger partial charge in [-0.3, -0.25) is 10.1 Å². The van der Waals surface area contributed by atoms with Gasteiger partial charge in [0.25, 0.3) is 5.69 Å². The first-order valence-electron chi connectivity index (χ1n) is 6.68. The third kappa shape index (κ3) is 5.97. The van der Waals surface area contributed by atoms with E-state index in [2.05, 4.69) is 4.98 Å². The Balaban J connectivity index is 2.65. The first-order chi connectivity index (χ1) is 9.84. The highest BCUT2D eigenvalue weighted by molar-refractivity contribution is 5.29. The lowest BCUT2D eigenvalue weighted by Crippen LogP contribution is -2.34. The van der Waals surface area contributed by atoms with Crippen LogP contribution in [-0.2, 0) is 0 Å². The minimum Gasteiger partial charge on any atom is -0.465 e. The van der Waals surface area contributed by atoms with Crippen molar-refractivity contribution in [3.63, 3.8) is 0 Å². The first kappa shape index (κ1) is 17.2. The van der Waals surface area contributed by atoms with Crippen molar-refractivity contribution >= 4 is 5.69 Å². The van der Waals surface area contributed by atoms with Crippen LogP contribution in [0.2, 0.25) is 0 Å². The second-order valence-corrected chi connectivity index (χ2v) is 4.61. The molecule has 1 atom stereocenters. The lowest BCUT2D eigenvalue weighted by Gasteiger charge is -2.21. The summed E-state index contributed by atoms with van der Waals surface area (Å²) in [6.45, 7) is 1.97. The number of alkyl halides is 3. The minimum atomic E-state index is -4.49. The Labute approximate surface area is 120 Å². The quantitative estimate of drug-likeness (QED) is 0.409. The van der Waals surface area contributed by atoms with E-state index < -0.39 is 17.2 Å². The molecule has 0 aliphatic rings. The fraction of sp³-hybridized carbons (Fsp3) is 0.615. The zero-order chi connectivity index (χ0) is 15.9. The maximum atomic E-state index is 12.9. The van der Waals surface area contributed by atoms with Crippen LogP contribution in [0.4, 0.5) is 18.9 Å². The molecule has 5 nitrogen and oxygen atoms in total. The summed E-state index contributed by atoms with van der Waals surface area (Å²) in [7, 11) is 0. The van der Waals surface area contributed by atoms with E-state index >= 15 is 0 Å². The molecule has 0 unspecified atom stereocenters. The molecule has 0 saturated carbocycles. The van der Waals surface area contributed by atoms with Crippen LogP contribution in [-0.4, -0.2) is 22.2 Å². The summed E-state index contributed by atoms with van der Waals surface area (Å²) in [6, 6.07) is 2.13. The molecule has 0 amide bonds. The number of nitro groups is 1. The summed E-state index contributed by atoms with van der Waals surface area (Å²) < 4.78 is 43.4. The van der Waals surface area contributed by atoms with Crippen molar-refractivity contribution in [2.24, 2.45) is 0 Å². The van der Waals surface area contributed by atoms with Crippen LogP contribution in [0.1, 0.15) is 39.0 Å². The van der Waals surface area contributed by atoms with Crippen molar-refractivity contribution in [2.45, 2.75) is 51.3 Å². The molecule has 0 N–H and O–H groups in total. The van der Waals surface area contributed by atoms with Crippen molar-refractivity contribution < 1.29 is 22.8 Å². The first-order valence-corrected chi connectivity index (χ1v) is 6.68. The molecule has 0 aliphatic carbocycles. The van der Waals surface area contributed by atoms with E-state index in [1.54, 1.807) is 0 Å². The van der Waals surface area contributed by atoms with Crippen molar-refractivity contribution in [3.8, 4) is 5.88 Å². The minimum absolute atomic E-state index is 0.151. The van der Waals surface area contributed by atoms with E-state index in [1.807, 2.05) is 6.92 Å². The van der Waals surface area contributed by atoms with Crippen molar-refractivity contribution in [3.05, 3.63) is 28.4 Å². The topological polar surface area (TPSA) is 65.3 Å². The van der Waals surface area contributed by atoms with E-state index in [1.165, 1.54) is 0 Å². The summed E-state index contributed by atoms with van der Waals surface area (Å²) >= 11 is 0. The van der Waals surface area contributed by atoms with Gasteiger partial charge >= 0.3 is 6.18 Å². The van der Waals surface area contributed by atoms with Crippen LogP contribution in [0.3, 0.4) is 0 Å². The van der Waals surface area contributed by atoms with E-state index in [-0.39, 0.29) is 18.0 Å². The maximum absolute atomic E-state index is 12.9. The molecule has 0 fully saturated rings. The molecule has 21 heavy (non-hydrogen) atoms. The van der Waals surface area contributed by atoms with Gasteiger partial charge in [0.2, 0.25) is 5.88 Å². The summed E-state index contributed by atoms with van der Waals surface area (Å²) in [6.07, 6.45) is -2.78. The smallest absolute Gasteiger partial charge is 0.425 e. The third-order valence-corrected chi connectivity index (χ3v) is 2.88.